The number of rotatable bonds is 9. The summed E-state index contributed by atoms with van der Waals surface area (Å²) in [4.78, 5) is 39.8. The van der Waals surface area contributed by atoms with Gasteiger partial charge in [-0.25, -0.2) is 0 Å². The van der Waals surface area contributed by atoms with Crippen molar-refractivity contribution in [2.75, 3.05) is 39.3 Å². The highest BCUT2D eigenvalue weighted by Gasteiger charge is 2.32. The van der Waals surface area contributed by atoms with E-state index in [4.69, 9.17) is 5.11 Å². The number of aliphatic hydroxyl groups excluding tert-OH is 2. The molecule has 1 heterocycles. The second-order valence-corrected chi connectivity index (χ2v) is 8.36. The van der Waals surface area contributed by atoms with E-state index >= 15 is 0 Å². The van der Waals surface area contributed by atoms with Crippen molar-refractivity contribution in [3.63, 3.8) is 0 Å². The van der Waals surface area contributed by atoms with Gasteiger partial charge in [-0.2, -0.15) is 0 Å². The van der Waals surface area contributed by atoms with Crippen LogP contribution in [0.2, 0.25) is 0 Å². The van der Waals surface area contributed by atoms with Crippen molar-refractivity contribution in [1.82, 2.24) is 15.1 Å². The molecule has 4 N–H and O–H groups in total. The molecular weight excluding hydrogens is 378 g/mol. The lowest BCUT2D eigenvalue weighted by molar-refractivity contribution is -0.142. The molecule has 1 aliphatic carbocycles. The van der Waals surface area contributed by atoms with E-state index in [0.717, 1.165) is 25.7 Å². The first kappa shape index (κ1) is 23.6. The number of likely N-dealkylation sites (tertiary alicyclic amines) is 1. The van der Waals surface area contributed by atoms with Gasteiger partial charge in [-0.15, -0.1) is 0 Å². The van der Waals surface area contributed by atoms with Crippen molar-refractivity contribution in [3.05, 3.63) is 0 Å². The van der Waals surface area contributed by atoms with E-state index in [1.807, 2.05) is 4.90 Å². The van der Waals surface area contributed by atoms with Crippen LogP contribution < -0.4 is 5.32 Å². The molecule has 3 unspecified atom stereocenters. The van der Waals surface area contributed by atoms with Crippen molar-refractivity contribution in [3.8, 4) is 0 Å². The fourth-order valence-corrected chi connectivity index (χ4v) is 4.40. The Morgan fingerprint density at radius 2 is 1.76 bits per heavy atom. The lowest BCUT2D eigenvalue weighted by atomic mass is 9.85. The number of amides is 2. The average Bonchev–Trinajstić information content (AvgIpc) is 2.71. The van der Waals surface area contributed by atoms with E-state index in [-0.39, 0.29) is 43.4 Å². The number of hydrogen-bond donors (Lipinski definition) is 4. The van der Waals surface area contributed by atoms with Gasteiger partial charge in [0.25, 0.3) is 0 Å². The number of aliphatic hydroxyl groups is 2. The molecule has 2 fully saturated rings. The molecule has 2 rings (SSSR count). The maximum absolute atomic E-state index is 12.8. The van der Waals surface area contributed by atoms with Gasteiger partial charge in [0.15, 0.2) is 0 Å². The molecule has 0 aromatic rings. The Hall–Kier alpha value is -1.71. The van der Waals surface area contributed by atoms with Crippen LogP contribution in [0.15, 0.2) is 0 Å². The van der Waals surface area contributed by atoms with Crippen LogP contribution in [-0.4, -0.2) is 94.4 Å². The lowest BCUT2D eigenvalue weighted by Crippen LogP contribution is -2.51. The summed E-state index contributed by atoms with van der Waals surface area (Å²) in [5, 5.41) is 30.0. The minimum atomic E-state index is -0.969. The number of nitrogens with zero attached hydrogens (tertiary/aromatic N) is 2. The molecule has 0 aromatic heterocycles. The summed E-state index contributed by atoms with van der Waals surface area (Å²) in [6.45, 7) is 2.62. The predicted octanol–water partition coefficient (Wildman–Crippen LogP) is -0.340. The third-order valence-electron chi connectivity index (χ3n) is 6.15. The van der Waals surface area contributed by atoms with Gasteiger partial charge in [-0.3, -0.25) is 19.3 Å². The number of hydrogen-bond acceptors (Lipinski definition) is 6. The topological polar surface area (TPSA) is 130 Å². The monoisotopic (exact) mass is 413 g/mol. The summed E-state index contributed by atoms with van der Waals surface area (Å²) in [5.41, 5.74) is 0. The zero-order valence-corrected chi connectivity index (χ0v) is 17.3. The largest absolute Gasteiger partial charge is 0.480 e. The molecule has 2 amide bonds. The van der Waals surface area contributed by atoms with E-state index in [9.17, 15) is 24.6 Å². The molecule has 0 radical (unpaired) electrons. The molecule has 1 saturated heterocycles. The van der Waals surface area contributed by atoms with Gasteiger partial charge >= 0.3 is 5.97 Å². The fraction of sp³-hybridized carbons (Fsp3) is 0.850. The summed E-state index contributed by atoms with van der Waals surface area (Å²) in [7, 11) is 0. The van der Waals surface area contributed by atoms with E-state index in [2.05, 4.69) is 12.2 Å². The molecule has 29 heavy (non-hydrogen) atoms. The van der Waals surface area contributed by atoms with Crippen LogP contribution in [-0.2, 0) is 14.4 Å². The average molecular weight is 414 g/mol. The van der Waals surface area contributed by atoms with Crippen LogP contribution in [0.1, 0.15) is 45.4 Å². The second kappa shape index (κ2) is 11.5. The van der Waals surface area contributed by atoms with Crippen molar-refractivity contribution < 1.29 is 29.7 Å². The Balaban J connectivity index is 1.85. The molecule has 1 aliphatic heterocycles. The Morgan fingerprint density at radius 3 is 2.34 bits per heavy atom. The minimum absolute atomic E-state index is 0.0121. The molecule has 0 aromatic carbocycles. The summed E-state index contributed by atoms with van der Waals surface area (Å²) in [5.74, 6) is -1.03. The molecule has 1 saturated carbocycles. The SMILES string of the molecule is CC1CCCCC1N(CC(=O)O)CC(=O)N1CCC(C(=O)NCC(O)CO)CC1. The van der Waals surface area contributed by atoms with Crippen molar-refractivity contribution >= 4 is 17.8 Å². The Morgan fingerprint density at radius 1 is 1.10 bits per heavy atom. The quantitative estimate of drug-likeness (QED) is 0.407. The number of aliphatic carboxylic acids is 1. The smallest absolute Gasteiger partial charge is 0.317 e. The third-order valence-corrected chi connectivity index (χ3v) is 6.15. The number of carbonyl (C=O) groups is 3. The lowest BCUT2D eigenvalue weighted by Gasteiger charge is -2.39. The van der Waals surface area contributed by atoms with E-state index in [1.165, 1.54) is 0 Å². The normalized spacial score (nSPS) is 24.3. The van der Waals surface area contributed by atoms with Crippen LogP contribution in [0.25, 0.3) is 0 Å². The molecule has 2 aliphatic rings. The summed E-state index contributed by atoms with van der Waals surface area (Å²) >= 11 is 0. The first-order valence-electron chi connectivity index (χ1n) is 10.6. The molecule has 3 atom stereocenters. The Bertz CT molecular complexity index is 564. The fourth-order valence-electron chi connectivity index (χ4n) is 4.40. The Kier molecular flexibility index (Phi) is 9.32. The van der Waals surface area contributed by atoms with E-state index in [0.29, 0.717) is 31.8 Å². The highest BCUT2D eigenvalue weighted by atomic mass is 16.4. The van der Waals surface area contributed by atoms with Gasteiger partial charge in [-0.05, 0) is 31.6 Å². The number of carbonyl (C=O) groups excluding carboxylic acids is 2. The number of nitrogens with one attached hydrogen (secondary N) is 1. The molecular formula is C20H35N3O6. The molecule has 9 nitrogen and oxygen atoms in total. The van der Waals surface area contributed by atoms with Gasteiger partial charge in [-0.1, -0.05) is 19.8 Å². The Labute approximate surface area is 172 Å². The van der Waals surface area contributed by atoms with Gasteiger partial charge in [0.05, 0.1) is 25.8 Å². The van der Waals surface area contributed by atoms with Crippen LogP contribution >= 0.6 is 0 Å². The molecule has 0 spiro atoms. The maximum atomic E-state index is 12.8. The summed E-state index contributed by atoms with van der Waals surface area (Å²) in [6.07, 6.45) is 4.28. The first-order chi connectivity index (χ1) is 13.8. The van der Waals surface area contributed by atoms with E-state index < -0.39 is 18.7 Å². The third kappa shape index (κ3) is 7.24. The van der Waals surface area contributed by atoms with Crippen LogP contribution in [0.3, 0.4) is 0 Å². The maximum Gasteiger partial charge on any atom is 0.317 e. The molecule has 9 heteroatoms. The molecule has 166 valence electrons. The zero-order valence-electron chi connectivity index (χ0n) is 17.3. The standard InChI is InChI=1S/C20H35N3O6/c1-14-4-2-3-5-17(14)23(12-19(27)28)11-18(26)22-8-6-15(7-9-22)20(29)21-10-16(25)13-24/h14-17,24-25H,2-13H2,1H3,(H,21,29)(H,27,28). The number of carboxylic acids is 1. The zero-order chi connectivity index (χ0) is 21.4. The predicted molar refractivity (Wildman–Crippen MR) is 106 cm³/mol. The van der Waals surface area contributed by atoms with Crippen LogP contribution in [0, 0.1) is 11.8 Å². The van der Waals surface area contributed by atoms with Crippen molar-refractivity contribution in [1.29, 1.82) is 0 Å². The van der Waals surface area contributed by atoms with Gasteiger partial charge in [0.1, 0.15) is 0 Å². The van der Waals surface area contributed by atoms with Crippen LogP contribution in [0.4, 0.5) is 0 Å². The number of piperidine rings is 1. The summed E-state index contributed by atoms with van der Waals surface area (Å²) in [6, 6.07) is 0.116. The highest BCUT2D eigenvalue weighted by molar-refractivity contribution is 5.81. The van der Waals surface area contributed by atoms with E-state index in [1.54, 1.807) is 4.90 Å². The van der Waals surface area contributed by atoms with Gasteiger partial charge < -0.3 is 25.5 Å². The second-order valence-electron chi connectivity index (χ2n) is 8.36. The highest BCUT2D eigenvalue weighted by Crippen LogP contribution is 2.28. The van der Waals surface area contributed by atoms with Gasteiger partial charge in [0, 0.05) is 31.6 Å². The first-order valence-corrected chi connectivity index (χ1v) is 10.6. The molecule has 0 bridgehead atoms. The van der Waals surface area contributed by atoms with Crippen molar-refractivity contribution in [2.24, 2.45) is 11.8 Å². The minimum Gasteiger partial charge on any atom is -0.480 e. The van der Waals surface area contributed by atoms with Crippen LogP contribution in [0.5, 0.6) is 0 Å². The number of carboxylic acid groups (broad SMARTS) is 1. The van der Waals surface area contributed by atoms with Crippen molar-refractivity contribution in [2.45, 2.75) is 57.6 Å². The van der Waals surface area contributed by atoms with Gasteiger partial charge in [0.2, 0.25) is 11.8 Å². The summed E-state index contributed by atoms with van der Waals surface area (Å²) < 4.78 is 0.